The smallest absolute Gasteiger partial charge is 0.243 e. The molecule has 0 spiro atoms. The number of nitrogens with one attached hydrogen (secondary N) is 1. The highest BCUT2D eigenvalue weighted by atomic mass is 35.5. The first-order valence-corrected chi connectivity index (χ1v) is 12.7. The molecule has 0 unspecified atom stereocenters. The van der Waals surface area contributed by atoms with E-state index in [2.05, 4.69) is 10.3 Å². The molecule has 4 rings (SSSR count). The van der Waals surface area contributed by atoms with Gasteiger partial charge in [0.05, 0.1) is 17.7 Å². The minimum atomic E-state index is -3.60. The Morgan fingerprint density at radius 1 is 1.12 bits per heavy atom. The Balaban J connectivity index is 1.35. The number of hydrogen-bond donors (Lipinski definition) is 1. The lowest BCUT2D eigenvalue weighted by Gasteiger charge is -2.30. The molecule has 7 nitrogen and oxygen atoms in total. The van der Waals surface area contributed by atoms with E-state index in [-0.39, 0.29) is 29.8 Å². The fourth-order valence-electron chi connectivity index (χ4n) is 3.55. The number of halogens is 1. The lowest BCUT2D eigenvalue weighted by atomic mass is 9.97. The highest BCUT2D eigenvalue weighted by Gasteiger charge is 2.32. The molecule has 3 aromatic rings. The summed E-state index contributed by atoms with van der Waals surface area (Å²) < 4.78 is 32.2. The lowest BCUT2D eigenvalue weighted by Crippen LogP contribution is -2.41. The molecule has 32 heavy (non-hydrogen) atoms. The quantitative estimate of drug-likeness (QED) is 0.548. The third kappa shape index (κ3) is 4.96. The second-order valence-electron chi connectivity index (χ2n) is 7.39. The van der Waals surface area contributed by atoms with Crippen molar-refractivity contribution in [1.82, 2.24) is 9.29 Å². The molecule has 2 heterocycles. The number of ether oxygens (including phenoxy) is 1. The number of methoxy groups -OCH3 is 1. The Morgan fingerprint density at radius 3 is 2.41 bits per heavy atom. The minimum absolute atomic E-state index is 0.135. The summed E-state index contributed by atoms with van der Waals surface area (Å²) in [5.74, 6) is 0.367. The summed E-state index contributed by atoms with van der Waals surface area (Å²) in [6, 6.07) is 13.7. The van der Waals surface area contributed by atoms with Gasteiger partial charge in [-0.3, -0.25) is 4.79 Å². The van der Waals surface area contributed by atoms with Crippen molar-refractivity contribution in [2.24, 2.45) is 5.92 Å². The normalized spacial score (nSPS) is 15.4. The molecule has 0 radical (unpaired) electrons. The number of rotatable bonds is 6. The van der Waals surface area contributed by atoms with Crippen molar-refractivity contribution in [3.05, 3.63) is 58.9 Å². The Morgan fingerprint density at radius 2 is 1.78 bits per heavy atom. The molecule has 1 aliphatic rings. The van der Waals surface area contributed by atoms with Gasteiger partial charge in [0.15, 0.2) is 5.13 Å². The van der Waals surface area contributed by atoms with Gasteiger partial charge in [-0.1, -0.05) is 11.6 Å². The van der Waals surface area contributed by atoms with Crippen molar-refractivity contribution in [3.63, 3.8) is 0 Å². The third-order valence-electron chi connectivity index (χ3n) is 5.40. The first-order valence-electron chi connectivity index (χ1n) is 10.0. The highest BCUT2D eigenvalue weighted by Crippen LogP contribution is 2.29. The van der Waals surface area contributed by atoms with Gasteiger partial charge >= 0.3 is 0 Å². The zero-order valence-electron chi connectivity index (χ0n) is 17.3. The molecule has 0 aliphatic carbocycles. The van der Waals surface area contributed by atoms with E-state index < -0.39 is 10.0 Å². The number of carbonyl (C=O) groups excluding carboxylic acids is 1. The summed E-state index contributed by atoms with van der Waals surface area (Å²) in [5.41, 5.74) is 1.71. The lowest BCUT2D eigenvalue weighted by molar-refractivity contribution is -0.120. The van der Waals surface area contributed by atoms with Crippen LogP contribution in [0, 0.1) is 5.92 Å². The SMILES string of the molecule is COc1ccc(-c2csc(NC(=O)C3CCN(S(=O)(=O)c4ccc(Cl)cc4)CC3)n2)cc1. The molecule has 0 atom stereocenters. The highest BCUT2D eigenvalue weighted by molar-refractivity contribution is 7.89. The van der Waals surface area contributed by atoms with Crippen LogP contribution >= 0.6 is 22.9 Å². The fourth-order valence-corrected chi connectivity index (χ4v) is 5.87. The second-order valence-corrected chi connectivity index (χ2v) is 10.6. The molecule has 1 saturated heterocycles. The van der Waals surface area contributed by atoms with Crippen LogP contribution in [-0.4, -0.2) is 43.8 Å². The predicted octanol–water partition coefficient (Wildman–Crippen LogP) is 4.51. The summed E-state index contributed by atoms with van der Waals surface area (Å²) in [6.07, 6.45) is 0.907. The largest absolute Gasteiger partial charge is 0.497 e. The van der Waals surface area contributed by atoms with E-state index in [1.165, 1.54) is 27.8 Å². The third-order valence-corrected chi connectivity index (χ3v) is 8.32. The van der Waals surface area contributed by atoms with Crippen molar-refractivity contribution in [1.29, 1.82) is 0 Å². The van der Waals surface area contributed by atoms with Crippen molar-refractivity contribution in [2.45, 2.75) is 17.7 Å². The van der Waals surface area contributed by atoms with E-state index in [1.807, 2.05) is 29.6 Å². The van der Waals surface area contributed by atoms with Crippen molar-refractivity contribution in [2.75, 3.05) is 25.5 Å². The number of sulfonamides is 1. The number of benzene rings is 2. The van der Waals surface area contributed by atoms with E-state index >= 15 is 0 Å². The van der Waals surface area contributed by atoms with Crippen LogP contribution in [0.4, 0.5) is 5.13 Å². The number of nitrogens with zero attached hydrogens (tertiary/aromatic N) is 2. The van der Waals surface area contributed by atoms with Crippen molar-refractivity contribution < 1.29 is 17.9 Å². The van der Waals surface area contributed by atoms with Crippen LogP contribution in [0.3, 0.4) is 0 Å². The van der Waals surface area contributed by atoms with E-state index in [0.29, 0.717) is 23.0 Å². The van der Waals surface area contributed by atoms with Gasteiger partial charge in [0.25, 0.3) is 0 Å². The molecule has 2 aromatic carbocycles. The minimum Gasteiger partial charge on any atom is -0.497 e. The molecule has 1 aliphatic heterocycles. The van der Waals surface area contributed by atoms with Gasteiger partial charge in [-0.05, 0) is 61.4 Å². The van der Waals surface area contributed by atoms with Gasteiger partial charge in [0.2, 0.25) is 15.9 Å². The Bertz CT molecular complexity index is 1190. The average Bonchev–Trinajstić information content (AvgIpc) is 3.28. The average molecular weight is 492 g/mol. The maximum Gasteiger partial charge on any atom is 0.243 e. The fraction of sp³-hybridized carbons (Fsp3) is 0.273. The van der Waals surface area contributed by atoms with Crippen LogP contribution < -0.4 is 10.1 Å². The number of piperidine rings is 1. The van der Waals surface area contributed by atoms with Crippen LogP contribution in [0.15, 0.2) is 58.8 Å². The molecular formula is C22H22ClN3O4S2. The van der Waals surface area contributed by atoms with E-state index in [0.717, 1.165) is 17.0 Å². The zero-order valence-corrected chi connectivity index (χ0v) is 19.7. The van der Waals surface area contributed by atoms with Crippen LogP contribution in [-0.2, 0) is 14.8 Å². The number of aromatic nitrogens is 1. The van der Waals surface area contributed by atoms with E-state index in [4.69, 9.17) is 16.3 Å². The first kappa shape index (κ1) is 22.7. The molecule has 1 N–H and O–H groups in total. The summed E-state index contributed by atoms with van der Waals surface area (Å²) in [6.45, 7) is 0.579. The summed E-state index contributed by atoms with van der Waals surface area (Å²) in [7, 11) is -1.98. The van der Waals surface area contributed by atoms with Crippen LogP contribution in [0.25, 0.3) is 11.3 Å². The summed E-state index contributed by atoms with van der Waals surface area (Å²) in [4.78, 5) is 17.4. The van der Waals surface area contributed by atoms with E-state index in [9.17, 15) is 13.2 Å². The maximum absolute atomic E-state index is 12.8. The molecule has 0 saturated carbocycles. The monoisotopic (exact) mass is 491 g/mol. The molecule has 1 amide bonds. The number of anilines is 1. The summed E-state index contributed by atoms with van der Waals surface area (Å²) in [5, 5.41) is 5.77. The van der Waals surface area contributed by atoms with Crippen molar-refractivity contribution in [3.8, 4) is 17.0 Å². The predicted molar refractivity (Wildman–Crippen MR) is 126 cm³/mol. The van der Waals surface area contributed by atoms with Gasteiger partial charge in [-0.2, -0.15) is 4.31 Å². The first-order chi connectivity index (χ1) is 15.4. The molecule has 1 aromatic heterocycles. The van der Waals surface area contributed by atoms with Gasteiger partial charge in [-0.15, -0.1) is 11.3 Å². The Hall–Kier alpha value is -2.46. The number of amides is 1. The molecule has 168 valence electrons. The topological polar surface area (TPSA) is 88.6 Å². The van der Waals surface area contributed by atoms with Gasteiger partial charge in [0.1, 0.15) is 5.75 Å². The standard InChI is InChI=1S/C22H22ClN3O4S2/c1-30-18-6-2-15(3-7-18)20-14-31-22(24-20)25-21(27)16-10-12-26(13-11-16)32(28,29)19-8-4-17(23)5-9-19/h2-9,14,16H,10-13H2,1H3,(H,24,25,27). The molecule has 1 fully saturated rings. The number of carbonyl (C=O) groups is 1. The van der Waals surface area contributed by atoms with Crippen LogP contribution in [0.2, 0.25) is 5.02 Å². The number of thiazole rings is 1. The molecule has 0 bridgehead atoms. The van der Waals surface area contributed by atoms with Gasteiger partial charge in [-0.25, -0.2) is 13.4 Å². The molecular weight excluding hydrogens is 470 g/mol. The van der Waals surface area contributed by atoms with Crippen LogP contribution in [0.1, 0.15) is 12.8 Å². The van der Waals surface area contributed by atoms with Gasteiger partial charge < -0.3 is 10.1 Å². The van der Waals surface area contributed by atoms with Crippen LogP contribution in [0.5, 0.6) is 5.75 Å². The molecule has 10 heteroatoms. The maximum atomic E-state index is 12.8. The number of hydrogen-bond acceptors (Lipinski definition) is 6. The second kappa shape index (κ2) is 9.58. The Labute approximate surface area is 196 Å². The Kier molecular flexibility index (Phi) is 6.80. The summed E-state index contributed by atoms with van der Waals surface area (Å²) >= 11 is 7.21. The zero-order chi connectivity index (χ0) is 22.7. The van der Waals surface area contributed by atoms with Gasteiger partial charge in [0, 0.05) is 35.0 Å². The van der Waals surface area contributed by atoms with Crippen molar-refractivity contribution >= 4 is 44.0 Å². The van der Waals surface area contributed by atoms with E-state index in [1.54, 1.807) is 19.2 Å².